The maximum absolute atomic E-state index is 12.9. The number of fused-ring (bicyclic) bond motifs is 1. The number of ether oxygens (including phenoxy) is 1. The average molecular weight is 465 g/mol. The third-order valence-corrected chi connectivity index (χ3v) is 5.17. The minimum atomic E-state index is -0.400. The molecule has 4 aromatic rings. The molecule has 4 nitrogen and oxygen atoms in total. The van der Waals surface area contributed by atoms with Gasteiger partial charge in [-0.15, -0.1) is 0 Å². The Hall–Kier alpha value is -2.92. The van der Waals surface area contributed by atoms with Crippen LogP contribution in [0, 0.1) is 0 Å². The zero-order valence-electron chi connectivity index (χ0n) is 16.9. The van der Waals surface area contributed by atoms with E-state index in [0.29, 0.717) is 6.61 Å². The van der Waals surface area contributed by atoms with E-state index in [0.717, 1.165) is 24.1 Å². The van der Waals surface area contributed by atoms with Crippen molar-refractivity contribution in [2.45, 2.75) is 18.9 Å². The number of rotatable bonds is 7. The highest BCUT2D eigenvalue weighted by Crippen LogP contribution is 2.26. The van der Waals surface area contributed by atoms with Gasteiger partial charge in [0.25, 0.3) is 0 Å². The molecular formula is C25H25BrN2O2. The van der Waals surface area contributed by atoms with E-state index in [1.807, 2.05) is 79.8 Å². The number of para-hydroxylation sites is 2. The van der Waals surface area contributed by atoms with Crippen molar-refractivity contribution in [2.75, 3.05) is 6.61 Å². The Morgan fingerprint density at radius 2 is 1.47 bits per heavy atom. The molecule has 0 amide bonds. The molecule has 0 atom stereocenters. The number of halogens is 1. The molecule has 0 saturated heterocycles. The quantitative estimate of drug-likeness (QED) is 0.234. The van der Waals surface area contributed by atoms with Gasteiger partial charge in [-0.1, -0.05) is 72.8 Å². The number of esters is 1. The van der Waals surface area contributed by atoms with Gasteiger partial charge >= 0.3 is 5.97 Å². The number of carbonyl (C=O) groups is 1. The maximum Gasteiger partial charge on any atom is 0.317 e. The van der Waals surface area contributed by atoms with E-state index in [-0.39, 0.29) is 23.0 Å². The lowest BCUT2D eigenvalue weighted by atomic mass is 9.91. The third-order valence-electron chi connectivity index (χ3n) is 5.17. The number of nitrogens with zero attached hydrogens (tertiary/aromatic N) is 2. The summed E-state index contributed by atoms with van der Waals surface area (Å²) in [5.74, 6) is -0.604. The Bertz CT molecular complexity index is 1050. The van der Waals surface area contributed by atoms with Crippen LogP contribution in [0.1, 0.15) is 23.5 Å². The third kappa shape index (κ3) is 4.79. The molecule has 4 rings (SSSR count). The van der Waals surface area contributed by atoms with Crippen LogP contribution in [0.2, 0.25) is 0 Å². The lowest BCUT2D eigenvalue weighted by Gasteiger charge is -2.17. The topological polar surface area (TPSA) is 35.1 Å². The summed E-state index contributed by atoms with van der Waals surface area (Å²) in [5.41, 5.74) is 4.28. The zero-order chi connectivity index (χ0) is 20.1. The number of aromatic nitrogens is 2. The summed E-state index contributed by atoms with van der Waals surface area (Å²) in [4.78, 5) is 12.9. The Labute approximate surface area is 187 Å². The van der Waals surface area contributed by atoms with Crippen molar-refractivity contribution in [1.29, 1.82) is 0 Å². The molecule has 0 aliphatic rings. The van der Waals surface area contributed by atoms with Gasteiger partial charge in [0.05, 0.1) is 20.2 Å². The van der Waals surface area contributed by atoms with E-state index in [4.69, 9.17) is 4.74 Å². The molecule has 0 aliphatic carbocycles. The molecular weight excluding hydrogens is 440 g/mol. The SMILES string of the molecule is C[n+]1cn(CCCOC(=O)C(c2ccccc2)c2ccccc2)c2ccccc21.[Br-]. The normalized spacial score (nSPS) is 10.7. The van der Waals surface area contributed by atoms with E-state index in [1.54, 1.807) is 0 Å². The van der Waals surface area contributed by atoms with E-state index in [9.17, 15) is 4.79 Å². The summed E-state index contributed by atoms with van der Waals surface area (Å²) in [6.07, 6.45) is 2.85. The van der Waals surface area contributed by atoms with Crippen LogP contribution in [0.15, 0.2) is 91.3 Å². The molecule has 5 heteroatoms. The smallest absolute Gasteiger partial charge is 0.317 e. The Morgan fingerprint density at radius 1 is 0.900 bits per heavy atom. The van der Waals surface area contributed by atoms with Crippen LogP contribution in [-0.2, 0) is 23.1 Å². The lowest BCUT2D eigenvalue weighted by Crippen LogP contribution is -3.00. The van der Waals surface area contributed by atoms with E-state index >= 15 is 0 Å². The standard InChI is InChI=1S/C25H25N2O2.BrH/c1-26-19-27(23-16-9-8-15-22(23)26)17-10-18-29-25(28)24(20-11-4-2-5-12-20)21-13-6-3-7-14-21;/h2-9,11-16,19,24H,10,17-18H2,1H3;1H/q+1;/p-1. The molecule has 30 heavy (non-hydrogen) atoms. The van der Waals surface area contributed by atoms with Gasteiger partial charge in [-0.25, -0.2) is 9.13 Å². The summed E-state index contributed by atoms with van der Waals surface area (Å²) in [6.45, 7) is 1.20. The molecule has 0 spiro atoms. The van der Waals surface area contributed by atoms with Crippen LogP contribution in [0.25, 0.3) is 11.0 Å². The minimum absolute atomic E-state index is 0. The second-order valence-corrected chi connectivity index (χ2v) is 7.18. The number of benzene rings is 3. The van der Waals surface area contributed by atoms with Gasteiger partial charge in [0.2, 0.25) is 6.33 Å². The highest BCUT2D eigenvalue weighted by molar-refractivity contribution is 5.82. The first-order valence-electron chi connectivity index (χ1n) is 9.94. The molecule has 0 radical (unpaired) electrons. The first-order chi connectivity index (χ1) is 14.2. The van der Waals surface area contributed by atoms with Crippen molar-refractivity contribution in [1.82, 2.24) is 4.57 Å². The summed E-state index contributed by atoms with van der Waals surface area (Å²) in [7, 11) is 2.04. The Morgan fingerprint density at radius 3 is 2.10 bits per heavy atom. The minimum Gasteiger partial charge on any atom is -1.00 e. The predicted molar refractivity (Wildman–Crippen MR) is 113 cm³/mol. The van der Waals surface area contributed by atoms with Crippen LogP contribution in [0.3, 0.4) is 0 Å². The Balaban J connectivity index is 0.00000256. The van der Waals surface area contributed by atoms with Gasteiger partial charge in [-0.2, -0.15) is 0 Å². The number of carbonyl (C=O) groups excluding carboxylic acids is 1. The molecule has 0 saturated carbocycles. The van der Waals surface area contributed by atoms with Gasteiger partial charge in [0.1, 0.15) is 5.92 Å². The van der Waals surface area contributed by atoms with Gasteiger partial charge in [0, 0.05) is 6.42 Å². The molecule has 0 aliphatic heterocycles. The summed E-state index contributed by atoms with van der Waals surface area (Å²) in [5, 5.41) is 0. The van der Waals surface area contributed by atoms with E-state index < -0.39 is 5.92 Å². The van der Waals surface area contributed by atoms with Crippen molar-refractivity contribution >= 4 is 17.0 Å². The number of hydrogen-bond acceptors (Lipinski definition) is 2. The zero-order valence-corrected chi connectivity index (χ0v) is 18.5. The molecule has 3 aromatic carbocycles. The van der Waals surface area contributed by atoms with Gasteiger partial charge in [-0.3, -0.25) is 4.79 Å². The van der Waals surface area contributed by atoms with Gasteiger partial charge < -0.3 is 21.7 Å². The van der Waals surface area contributed by atoms with E-state index in [2.05, 4.69) is 27.6 Å². The second kappa shape index (κ2) is 10.2. The monoisotopic (exact) mass is 464 g/mol. The van der Waals surface area contributed by atoms with Crippen molar-refractivity contribution in [3.05, 3.63) is 102 Å². The highest BCUT2D eigenvalue weighted by atomic mass is 79.9. The second-order valence-electron chi connectivity index (χ2n) is 7.18. The van der Waals surface area contributed by atoms with Crippen molar-refractivity contribution < 1.29 is 31.1 Å². The molecule has 0 bridgehead atoms. The van der Waals surface area contributed by atoms with Crippen LogP contribution in [-0.4, -0.2) is 17.1 Å². The van der Waals surface area contributed by atoms with Crippen LogP contribution in [0.4, 0.5) is 0 Å². The molecule has 0 N–H and O–H groups in total. The fourth-order valence-electron chi connectivity index (χ4n) is 3.76. The van der Waals surface area contributed by atoms with Crippen molar-refractivity contribution in [2.24, 2.45) is 7.05 Å². The predicted octanol–water partition coefficient (Wildman–Crippen LogP) is 1.24. The molecule has 1 heterocycles. The van der Waals surface area contributed by atoms with Crippen LogP contribution < -0.4 is 21.5 Å². The molecule has 154 valence electrons. The highest BCUT2D eigenvalue weighted by Gasteiger charge is 2.24. The van der Waals surface area contributed by atoms with Crippen molar-refractivity contribution in [3.63, 3.8) is 0 Å². The first kappa shape index (κ1) is 21.8. The van der Waals surface area contributed by atoms with Crippen LogP contribution in [0.5, 0.6) is 0 Å². The van der Waals surface area contributed by atoms with Gasteiger partial charge in [-0.05, 0) is 23.3 Å². The van der Waals surface area contributed by atoms with Crippen molar-refractivity contribution in [3.8, 4) is 0 Å². The van der Waals surface area contributed by atoms with Crippen LogP contribution >= 0.6 is 0 Å². The number of aryl methyl sites for hydroxylation is 2. The van der Waals surface area contributed by atoms with E-state index in [1.165, 1.54) is 11.0 Å². The number of hydrogen-bond donors (Lipinski definition) is 0. The largest absolute Gasteiger partial charge is 1.00 e. The summed E-state index contributed by atoms with van der Waals surface area (Å²) in [6, 6.07) is 27.9. The first-order valence-corrected chi connectivity index (χ1v) is 9.94. The Kier molecular flexibility index (Phi) is 7.41. The lowest BCUT2D eigenvalue weighted by molar-refractivity contribution is -0.645. The average Bonchev–Trinajstić information content (AvgIpc) is 3.09. The summed E-state index contributed by atoms with van der Waals surface area (Å²) >= 11 is 0. The summed E-state index contributed by atoms with van der Waals surface area (Å²) < 4.78 is 10.0. The maximum atomic E-state index is 12.9. The molecule has 0 unspecified atom stereocenters. The fourth-order valence-corrected chi connectivity index (χ4v) is 3.76. The van der Waals surface area contributed by atoms with Gasteiger partial charge in [0.15, 0.2) is 11.0 Å². The molecule has 1 aromatic heterocycles. The fraction of sp³-hybridized carbons (Fsp3) is 0.200. The molecule has 0 fully saturated rings. The number of imidazole rings is 1.